The molecule has 0 aliphatic carbocycles. The van der Waals surface area contributed by atoms with E-state index < -0.39 is 5.91 Å². The molecule has 23 heavy (non-hydrogen) atoms. The van der Waals surface area contributed by atoms with Gasteiger partial charge in [0.1, 0.15) is 11.3 Å². The van der Waals surface area contributed by atoms with Gasteiger partial charge >= 0.3 is 0 Å². The van der Waals surface area contributed by atoms with E-state index in [0.717, 1.165) is 0 Å². The average Bonchev–Trinajstić information content (AvgIpc) is 2.56. The number of hydrogen-bond donors (Lipinski definition) is 3. The van der Waals surface area contributed by atoms with Gasteiger partial charge in [0.05, 0.1) is 7.11 Å². The van der Waals surface area contributed by atoms with Crippen molar-refractivity contribution in [3.05, 3.63) is 59.6 Å². The largest absolute Gasteiger partial charge is 0.504 e. The van der Waals surface area contributed by atoms with Gasteiger partial charge in [-0.2, -0.15) is 0 Å². The van der Waals surface area contributed by atoms with Crippen LogP contribution in [0.2, 0.25) is 0 Å². The predicted octanol–water partition coefficient (Wildman–Crippen LogP) is 2.88. The molecule has 0 saturated heterocycles. The van der Waals surface area contributed by atoms with Gasteiger partial charge in [-0.05, 0) is 36.4 Å². The minimum atomic E-state index is -0.464. The Morgan fingerprint density at radius 1 is 1.22 bits per heavy atom. The number of methoxy groups -OCH3 is 1. The molecule has 0 unspecified atom stereocenters. The zero-order chi connectivity index (χ0) is 16.4. The maximum Gasteiger partial charge on any atom is 0.261 e. The van der Waals surface area contributed by atoms with Crippen molar-refractivity contribution in [2.75, 3.05) is 12.4 Å². The molecule has 1 aromatic heterocycles. The lowest BCUT2D eigenvalue weighted by atomic mass is 10.1. The second-order valence-corrected chi connectivity index (χ2v) is 4.87. The first kappa shape index (κ1) is 14.6. The molecule has 6 heteroatoms. The van der Waals surface area contributed by atoms with Crippen LogP contribution in [-0.2, 0) is 0 Å². The zero-order valence-electron chi connectivity index (χ0n) is 12.3. The third-order valence-electron chi connectivity index (χ3n) is 3.37. The molecule has 0 saturated carbocycles. The molecule has 116 valence electrons. The second-order valence-electron chi connectivity index (χ2n) is 4.87. The highest BCUT2D eigenvalue weighted by atomic mass is 16.5. The maximum absolute atomic E-state index is 12.3. The first-order chi connectivity index (χ1) is 11.1. The molecule has 0 spiro atoms. The zero-order valence-corrected chi connectivity index (χ0v) is 12.3. The van der Waals surface area contributed by atoms with Crippen molar-refractivity contribution in [1.29, 1.82) is 5.41 Å². The third-order valence-corrected chi connectivity index (χ3v) is 3.37. The van der Waals surface area contributed by atoms with Crippen molar-refractivity contribution >= 4 is 22.6 Å². The lowest BCUT2D eigenvalue weighted by Gasteiger charge is -2.07. The summed E-state index contributed by atoms with van der Waals surface area (Å²) in [6.45, 7) is 0. The van der Waals surface area contributed by atoms with Gasteiger partial charge in [0.25, 0.3) is 5.91 Å². The summed E-state index contributed by atoms with van der Waals surface area (Å²) < 4.78 is 10.3. The van der Waals surface area contributed by atoms with Crippen LogP contribution < -0.4 is 15.6 Å². The molecule has 0 aliphatic heterocycles. The van der Waals surface area contributed by atoms with E-state index in [1.165, 1.54) is 12.1 Å². The number of benzene rings is 2. The fourth-order valence-electron chi connectivity index (χ4n) is 2.19. The van der Waals surface area contributed by atoms with E-state index in [0.29, 0.717) is 16.8 Å². The molecule has 3 N–H and O–H groups in total. The molecule has 0 atom stereocenters. The van der Waals surface area contributed by atoms with E-state index >= 15 is 0 Å². The summed E-state index contributed by atoms with van der Waals surface area (Å²) in [5.41, 5.74) is 0.522. The van der Waals surface area contributed by atoms with Crippen LogP contribution in [0.1, 0.15) is 10.4 Å². The molecule has 0 fully saturated rings. The van der Waals surface area contributed by atoms with Crippen molar-refractivity contribution in [2.24, 2.45) is 0 Å². The Hall–Kier alpha value is -3.28. The van der Waals surface area contributed by atoms with E-state index in [4.69, 9.17) is 14.6 Å². The van der Waals surface area contributed by atoms with Gasteiger partial charge in [0, 0.05) is 11.1 Å². The van der Waals surface area contributed by atoms with Gasteiger partial charge in [0.15, 0.2) is 11.3 Å². The number of nitrogens with one attached hydrogen (secondary N) is 2. The van der Waals surface area contributed by atoms with Crippen molar-refractivity contribution in [3.8, 4) is 11.5 Å². The number of fused-ring (bicyclic) bond motifs is 1. The van der Waals surface area contributed by atoms with Crippen LogP contribution in [0, 0.1) is 5.41 Å². The third kappa shape index (κ3) is 2.87. The van der Waals surface area contributed by atoms with Crippen molar-refractivity contribution < 1.29 is 19.1 Å². The number of phenolic OH excluding ortho intramolecular Hbond substituents is 1. The van der Waals surface area contributed by atoms with E-state index in [-0.39, 0.29) is 22.5 Å². The number of carbonyl (C=O) groups is 1. The predicted molar refractivity (Wildman–Crippen MR) is 84.7 cm³/mol. The van der Waals surface area contributed by atoms with E-state index in [9.17, 15) is 9.90 Å². The second kappa shape index (κ2) is 5.84. The molecule has 3 rings (SSSR count). The first-order valence-corrected chi connectivity index (χ1v) is 6.84. The van der Waals surface area contributed by atoms with Crippen LogP contribution in [0.5, 0.6) is 11.5 Å². The highest BCUT2D eigenvalue weighted by molar-refractivity contribution is 6.05. The van der Waals surface area contributed by atoms with Crippen LogP contribution in [0.25, 0.3) is 11.0 Å². The SMILES string of the molecule is COc1ccc(NC(=O)c2cc3cccc(O)c3oc2=N)cc1. The Balaban J connectivity index is 1.94. The smallest absolute Gasteiger partial charge is 0.261 e. The normalized spacial score (nSPS) is 10.5. The summed E-state index contributed by atoms with van der Waals surface area (Å²) in [5.74, 6) is 0.146. The number of ether oxygens (including phenoxy) is 1. The van der Waals surface area contributed by atoms with Gasteiger partial charge in [-0.3, -0.25) is 10.2 Å². The standard InChI is InChI=1S/C17H14N2O4/c1-22-12-7-5-11(6-8-12)19-17(21)13-9-10-3-2-4-14(20)15(10)23-16(13)18/h2-9,18,20H,1H3,(H,19,21). The maximum atomic E-state index is 12.3. The Morgan fingerprint density at radius 3 is 2.65 bits per heavy atom. The number of amides is 1. The lowest BCUT2D eigenvalue weighted by molar-refractivity contribution is 0.102. The minimum absolute atomic E-state index is 0.0712. The Labute approximate surface area is 131 Å². The topological polar surface area (TPSA) is 95.6 Å². The summed E-state index contributed by atoms with van der Waals surface area (Å²) >= 11 is 0. The quantitative estimate of drug-likeness (QED) is 0.693. The Bertz CT molecular complexity index is 929. The monoisotopic (exact) mass is 310 g/mol. The number of anilines is 1. The molecule has 2 aromatic carbocycles. The van der Waals surface area contributed by atoms with E-state index in [1.54, 1.807) is 43.5 Å². The summed E-state index contributed by atoms with van der Waals surface area (Å²) in [4.78, 5) is 12.3. The van der Waals surface area contributed by atoms with Crippen LogP contribution in [0.4, 0.5) is 5.69 Å². The number of phenols is 1. The highest BCUT2D eigenvalue weighted by Crippen LogP contribution is 2.23. The molecular weight excluding hydrogens is 296 g/mol. The summed E-state index contributed by atoms with van der Waals surface area (Å²) in [6.07, 6.45) is 0. The van der Waals surface area contributed by atoms with Crippen LogP contribution in [0.3, 0.4) is 0 Å². The van der Waals surface area contributed by atoms with Crippen molar-refractivity contribution in [1.82, 2.24) is 0 Å². The molecule has 6 nitrogen and oxygen atoms in total. The highest BCUT2D eigenvalue weighted by Gasteiger charge is 2.13. The Kier molecular flexibility index (Phi) is 3.72. The van der Waals surface area contributed by atoms with Crippen LogP contribution in [0.15, 0.2) is 52.9 Å². The molecule has 0 aliphatic rings. The Morgan fingerprint density at radius 2 is 1.96 bits per heavy atom. The molecule has 3 aromatic rings. The van der Waals surface area contributed by atoms with Gasteiger partial charge in [-0.15, -0.1) is 0 Å². The number of aromatic hydroxyl groups is 1. The van der Waals surface area contributed by atoms with Gasteiger partial charge < -0.3 is 19.6 Å². The first-order valence-electron chi connectivity index (χ1n) is 6.84. The average molecular weight is 310 g/mol. The summed E-state index contributed by atoms with van der Waals surface area (Å²) in [7, 11) is 1.56. The number of rotatable bonds is 3. The number of para-hydroxylation sites is 1. The number of hydrogen-bond acceptors (Lipinski definition) is 5. The van der Waals surface area contributed by atoms with Crippen LogP contribution in [-0.4, -0.2) is 18.1 Å². The van der Waals surface area contributed by atoms with Gasteiger partial charge in [-0.25, -0.2) is 0 Å². The number of carbonyl (C=O) groups excluding carboxylic acids is 1. The van der Waals surface area contributed by atoms with Crippen molar-refractivity contribution in [3.63, 3.8) is 0 Å². The molecule has 0 radical (unpaired) electrons. The summed E-state index contributed by atoms with van der Waals surface area (Å²) in [6, 6.07) is 13.2. The lowest BCUT2D eigenvalue weighted by Crippen LogP contribution is -2.20. The van der Waals surface area contributed by atoms with E-state index in [1.807, 2.05) is 0 Å². The van der Waals surface area contributed by atoms with Crippen molar-refractivity contribution in [2.45, 2.75) is 0 Å². The molecule has 1 heterocycles. The fraction of sp³-hybridized carbons (Fsp3) is 0.0588. The molecular formula is C17H14N2O4. The fourth-order valence-corrected chi connectivity index (χ4v) is 2.19. The molecule has 1 amide bonds. The van der Waals surface area contributed by atoms with Gasteiger partial charge in [0.2, 0.25) is 5.55 Å². The van der Waals surface area contributed by atoms with E-state index in [2.05, 4.69) is 5.32 Å². The minimum Gasteiger partial charge on any atom is -0.504 e. The van der Waals surface area contributed by atoms with Gasteiger partial charge in [-0.1, -0.05) is 12.1 Å². The molecule has 0 bridgehead atoms. The summed E-state index contributed by atoms with van der Waals surface area (Å²) in [5, 5.41) is 20.8. The van der Waals surface area contributed by atoms with Crippen LogP contribution >= 0.6 is 0 Å².